The number of aromatic nitrogens is 2. The van der Waals surface area contributed by atoms with Crippen molar-refractivity contribution < 1.29 is 14.5 Å². The molecule has 0 spiro atoms. The number of hydrogen-bond donors (Lipinski definition) is 2. The van der Waals surface area contributed by atoms with E-state index in [0.717, 1.165) is 16.0 Å². The predicted molar refractivity (Wildman–Crippen MR) is 135 cm³/mol. The minimum atomic E-state index is -0.613. The van der Waals surface area contributed by atoms with Gasteiger partial charge >= 0.3 is 5.69 Å². The van der Waals surface area contributed by atoms with Gasteiger partial charge < -0.3 is 11.1 Å². The summed E-state index contributed by atoms with van der Waals surface area (Å²) in [4.78, 5) is 36.9. The van der Waals surface area contributed by atoms with Crippen LogP contribution in [0, 0.1) is 30.9 Å². The van der Waals surface area contributed by atoms with Crippen LogP contribution in [0.1, 0.15) is 42.5 Å². The average molecular weight is 490 g/mol. The first-order chi connectivity index (χ1) is 16.7. The van der Waals surface area contributed by atoms with Crippen LogP contribution >= 0.6 is 11.3 Å². The number of aryl methyl sites for hydroxylation is 2. The molecule has 0 saturated heterocycles. The zero-order chi connectivity index (χ0) is 25.3. The summed E-state index contributed by atoms with van der Waals surface area (Å²) in [7, 11) is 0. The standard InChI is InChI=1S/C25H23N5O4S/c1-14-22(30(33)34)15(2)29(28-14)13-17-9-11-19(12-10-17)24(32)27-25-21(23(26)31)20(16(3)35-25)18-7-5-4-6-8-18/h4-12H,13H2,1-3H3,(H2,26,31)(H,27,32). The molecule has 0 aliphatic carbocycles. The van der Waals surface area contributed by atoms with Gasteiger partial charge in [-0.05, 0) is 44.0 Å². The van der Waals surface area contributed by atoms with Gasteiger partial charge in [0.1, 0.15) is 16.4 Å². The molecule has 35 heavy (non-hydrogen) atoms. The van der Waals surface area contributed by atoms with Crippen LogP contribution in [0.25, 0.3) is 11.1 Å². The fourth-order valence-electron chi connectivity index (χ4n) is 4.04. The molecule has 2 aromatic carbocycles. The molecule has 3 N–H and O–H groups in total. The van der Waals surface area contributed by atoms with Gasteiger partial charge in [-0.3, -0.25) is 24.4 Å². The molecule has 0 unspecified atom stereocenters. The highest BCUT2D eigenvalue weighted by Crippen LogP contribution is 2.39. The molecule has 0 atom stereocenters. The Hall–Kier alpha value is -4.31. The molecule has 9 nitrogen and oxygen atoms in total. The summed E-state index contributed by atoms with van der Waals surface area (Å²) in [6, 6.07) is 16.3. The van der Waals surface area contributed by atoms with E-state index >= 15 is 0 Å². The van der Waals surface area contributed by atoms with E-state index in [0.29, 0.717) is 34.1 Å². The second-order valence-electron chi connectivity index (χ2n) is 8.05. The Balaban J connectivity index is 1.55. The summed E-state index contributed by atoms with van der Waals surface area (Å²) in [5.74, 6) is -0.987. The molecule has 0 aliphatic heterocycles. The maximum atomic E-state index is 12.9. The number of benzene rings is 2. The lowest BCUT2D eigenvalue weighted by Gasteiger charge is -2.08. The van der Waals surface area contributed by atoms with Crippen LogP contribution in [-0.2, 0) is 6.54 Å². The van der Waals surface area contributed by atoms with E-state index in [1.807, 2.05) is 37.3 Å². The molecule has 0 fully saturated rings. The lowest BCUT2D eigenvalue weighted by atomic mass is 10.0. The quantitative estimate of drug-likeness (QED) is 0.283. The molecule has 0 aliphatic rings. The molecular weight excluding hydrogens is 466 g/mol. The van der Waals surface area contributed by atoms with Gasteiger partial charge in [-0.2, -0.15) is 5.10 Å². The average Bonchev–Trinajstić information content (AvgIpc) is 3.29. The number of amides is 2. The zero-order valence-corrected chi connectivity index (χ0v) is 20.2. The number of hydrogen-bond acceptors (Lipinski definition) is 6. The summed E-state index contributed by atoms with van der Waals surface area (Å²) in [5, 5.41) is 18.7. The molecule has 2 aromatic heterocycles. The van der Waals surface area contributed by atoms with Crippen molar-refractivity contribution in [2.45, 2.75) is 27.3 Å². The van der Waals surface area contributed by atoms with Crippen LogP contribution in [0.4, 0.5) is 10.7 Å². The van der Waals surface area contributed by atoms with Gasteiger partial charge in [0.05, 0.1) is 17.0 Å². The van der Waals surface area contributed by atoms with Gasteiger partial charge in [0.25, 0.3) is 11.8 Å². The lowest BCUT2D eigenvalue weighted by Crippen LogP contribution is -2.17. The van der Waals surface area contributed by atoms with Crippen molar-refractivity contribution in [2.24, 2.45) is 5.73 Å². The highest BCUT2D eigenvalue weighted by Gasteiger charge is 2.24. The first-order valence-corrected chi connectivity index (χ1v) is 11.6. The molecule has 2 heterocycles. The molecule has 4 rings (SSSR count). The largest absolute Gasteiger partial charge is 0.365 e. The normalized spacial score (nSPS) is 10.8. The lowest BCUT2D eigenvalue weighted by molar-refractivity contribution is -0.386. The number of anilines is 1. The van der Waals surface area contributed by atoms with Crippen molar-refractivity contribution in [3.63, 3.8) is 0 Å². The number of rotatable bonds is 7. The Bertz CT molecular complexity index is 1440. The number of nitrogens with two attached hydrogens (primary N) is 1. The Kier molecular flexibility index (Phi) is 6.48. The topological polar surface area (TPSA) is 133 Å². The fourth-order valence-corrected chi connectivity index (χ4v) is 5.11. The molecule has 4 aromatic rings. The first-order valence-electron chi connectivity index (χ1n) is 10.7. The number of primary amides is 1. The predicted octanol–water partition coefficient (Wildman–Crippen LogP) is 4.84. The molecular formula is C25H23N5O4S. The number of thiophene rings is 1. The molecule has 178 valence electrons. The third-order valence-corrected chi connectivity index (χ3v) is 6.72. The third kappa shape index (κ3) is 4.69. The number of nitrogens with one attached hydrogen (secondary N) is 1. The highest BCUT2D eigenvalue weighted by atomic mass is 32.1. The van der Waals surface area contributed by atoms with E-state index in [2.05, 4.69) is 10.4 Å². The van der Waals surface area contributed by atoms with E-state index in [-0.39, 0.29) is 17.2 Å². The molecule has 2 amide bonds. The van der Waals surface area contributed by atoms with Gasteiger partial charge in [-0.25, -0.2) is 0 Å². The van der Waals surface area contributed by atoms with E-state index < -0.39 is 10.8 Å². The second kappa shape index (κ2) is 9.51. The molecule has 0 bridgehead atoms. The number of nitrogens with zero attached hydrogens (tertiary/aromatic N) is 3. The summed E-state index contributed by atoms with van der Waals surface area (Å²) in [5.41, 5.74) is 9.60. The molecule has 0 radical (unpaired) electrons. The van der Waals surface area contributed by atoms with E-state index in [4.69, 9.17) is 5.73 Å². The van der Waals surface area contributed by atoms with E-state index in [1.54, 1.807) is 42.8 Å². The van der Waals surface area contributed by atoms with Crippen molar-refractivity contribution in [1.29, 1.82) is 0 Å². The molecule has 0 saturated carbocycles. The van der Waals surface area contributed by atoms with Crippen LogP contribution in [-0.4, -0.2) is 26.5 Å². The number of nitro groups is 1. The highest BCUT2D eigenvalue weighted by molar-refractivity contribution is 7.17. The van der Waals surface area contributed by atoms with Crippen molar-refractivity contribution in [3.05, 3.63) is 97.7 Å². The Morgan fingerprint density at radius 1 is 1.09 bits per heavy atom. The minimum absolute atomic E-state index is 0.00682. The number of carbonyl (C=O) groups excluding carboxylic acids is 2. The third-order valence-electron chi connectivity index (χ3n) is 5.69. The smallest absolute Gasteiger partial charge is 0.312 e. The van der Waals surface area contributed by atoms with Crippen molar-refractivity contribution in [1.82, 2.24) is 9.78 Å². The summed E-state index contributed by atoms with van der Waals surface area (Å²) in [6.07, 6.45) is 0. The van der Waals surface area contributed by atoms with Crippen LogP contribution < -0.4 is 11.1 Å². The Morgan fingerprint density at radius 2 is 1.74 bits per heavy atom. The Morgan fingerprint density at radius 3 is 2.31 bits per heavy atom. The van der Waals surface area contributed by atoms with Crippen LogP contribution in [0.2, 0.25) is 0 Å². The van der Waals surface area contributed by atoms with Gasteiger partial charge in [0, 0.05) is 16.0 Å². The monoisotopic (exact) mass is 489 g/mol. The minimum Gasteiger partial charge on any atom is -0.365 e. The first kappa shape index (κ1) is 23.8. The van der Waals surface area contributed by atoms with Gasteiger partial charge in [-0.1, -0.05) is 42.5 Å². The van der Waals surface area contributed by atoms with Crippen molar-refractivity contribution >= 4 is 33.8 Å². The SMILES string of the molecule is Cc1nn(Cc2ccc(C(=O)Nc3sc(C)c(-c4ccccc4)c3C(N)=O)cc2)c(C)c1[N+](=O)[O-]. The van der Waals surface area contributed by atoms with E-state index in [1.165, 1.54) is 11.3 Å². The van der Waals surface area contributed by atoms with Crippen LogP contribution in [0.3, 0.4) is 0 Å². The van der Waals surface area contributed by atoms with Gasteiger partial charge in [0.2, 0.25) is 0 Å². The summed E-state index contributed by atoms with van der Waals surface area (Å²) in [6.45, 7) is 5.47. The van der Waals surface area contributed by atoms with Crippen LogP contribution in [0.15, 0.2) is 54.6 Å². The maximum Gasteiger partial charge on any atom is 0.312 e. The van der Waals surface area contributed by atoms with Crippen molar-refractivity contribution in [3.8, 4) is 11.1 Å². The number of carbonyl (C=O) groups is 2. The fraction of sp³-hybridized carbons (Fsp3) is 0.160. The zero-order valence-electron chi connectivity index (χ0n) is 19.4. The van der Waals surface area contributed by atoms with Crippen molar-refractivity contribution in [2.75, 3.05) is 5.32 Å². The molecule has 10 heteroatoms. The van der Waals surface area contributed by atoms with Gasteiger partial charge in [0.15, 0.2) is 0 Å². The summed E-state index contributed by atoms with van der Waals surface area (Å²) < 4.78 is 1.57. The summed E-state index contributed by atoms with van der Waals surface area (Å²) >= 11 is 1.30. The Labute approximate surface area is 205 Å². The van der Waals surface area contributed by atoms with Crippen LogP contribution in [0.5, 0.6) is 0 Å². The second-order valence-corrected chi connectivity index (χ2v) is 9.28. The van der Waals surface area contributed by atoms with Gasteiger partial charge in [-0.15, -0.1) is 11.3 Å². The maximum absolute atomic E-state index is 12.9. The van der Waals surface area contributed by atoms with E-state index in [9.17, 15) is 19.7 Å².